The van der Waals surface area contributed by atoms with Gasteiger partial charge in [-0.3, -0.25) is 4.79 Å². The number of anilines is 1. The molecule has 1 saturated heterocycles. The van der Waals surface area contributed by atoms with Crippen LogP contribution >= 0.6 is 0 Å². The fourth-order valence-corrected chi connectivity index (χ4v) is 1.83. The molecule has 3 rings (SSSR count). The summed E-state index contributed by atoms with van der Waals surface area (Å²) in [6.45, 7) is 7.68. The van der Waals surface area contributed by atoms with Crippen LogP contribution in [-0.2, 0) is 4.79 Å². The van der Waals surface area contributed by atoms with Crippen molar-refractivity contribution < 1.29 is 18.7 Å². The highest BCUT2D eigenvalue weighted by atomic mass is 19.1. The maximum Gasteiger partial charge on any atom is 0.316 e. The van der Waals surface area contributed by atoms with Gasteiger partial charge >= 0.3 is 6.01 Å². The number of carbonyl (C=O) groups excluding carboxylic acids is 1. The molecule has 1 aliphatic rings. The van der Waals surface area contributed by atoms with E-state index in [0.29, 0.717) is 5.56 Å². The lowest BCUT2D eigenvalue weighted by molar-refractivity contribution is -0.132. The van der Waals surface area contributed by atoms with Gasteiger partial charge in [0.1, 0.15) is 5.82 Å². The van der Waals surface area contributed by atoms with Crippen LogP contribution in [0.25, 0.3) is 11.5 Å². The highest BCUT2D eigenvalue weighted by Gasteiger charge is 2.20. The van der Waals surface area contributed by atoms with Gasteiger partial charge in [-0.15, -0.1) is 5.10 Å². The number of carbonyl (C=O) groups is 1. The van der Waals surface area contributed by atoms with E-state index in [9.17, 15) is 9.18 Å². The van der Waals surface area contributed by atoms with E-state index < -0.39 is 0 Å². The molecule has 1 aliphatic heterocycles. The Hall–Kier alpha value is -2.48. The van der Waals surface area contributed by atoms with Gasteiger partial charge in [0.25, 0.3) is 0 Å². The topological polar surface area (TPSA) is 91.5 Å². The number of aromatic nitrogens is 2. The van der Waals surface area contributed by atoms with E-state index >= 15 is 0 Å². The van der Waals surface area contributed by atoms with Gasteiger partial charge in [0, 0.05) is 25.3 Å². The lowest BCUT2D eigenvalue weighted by Crippen LogP contribution is -2.44. The van der Waals surface area contributed by atoms with Crippen LogP contribution in [0.15, 0.2) is 28.7 Å². The monoisotopic (exact) mass is 352 g/mol. The fourth-order valence-electron chi connectivity index (χ4n) is 1.83. The van der Waals surface area contributed by atoms with Crippen LogP contribution in [0.4, 0.5) is 10.4 Å². The van der Waals surface area contributed by atoms with Gasteiger partial charge in [0.15, 0.2) is 0 Å². The summed E-state index contributed by atoms with van der Waals surface area (Å²) in [4.78, 5) is 13.4. The molecule has 2 aromatic rings. The molecule has 1 fully saturated rings. The standard InChI is InChI=1S/C13H13FN4O2.C2H6O.C2H6/c14-10-4-2-9(3-5-10)12-16-17-13(20-12)15-8-11(19)18-6-1-7-18;1-2-3;1-2/h2-5H,1,6-8H2,(H,15,17);3H,2H2,1H3;1-2H3. The molecule has 0 saturated carbocycles. The third kappa shape index (κ3) is 6.50. The number of rotatable bonds is 4. The summed E-state index contributed by atoms with van der Waals surface area (Å²) in [5.41, 5.74) is 0.626. The minimum atomic E-state index is -0.327. The first-order chi connectivity index (χ1) is 12.1. The summed E-state index contributed by atoms with van der Waals surface area (Å²) in [6, 6.07) is 5.92. The molecule has 2 heterocycles. The summed E-state index contributed by atoms with van der Waals surface area (Å²) in [5, 5.41) is 18.0. The van der Waals surface area contributed by atoms with Crippen LogP contribution in [0.5, 0.6) is 0 Å². The molecule has 1 amide bonds. The van der Waals surface area contributed by atoms with Crippen molar-refractivity contribution in [3.63, 3.8) is 0 Å². The number of hydrogen-bond donors (Lipinski definition) is 2. The SMILES string of the molecule is CC.CCO.O=C(CNc1nnc(-c2ccc(F)cc2)o1)N1CCC1. The Kier molecular flexibility index (Phi) is 9.16. The molecule has 1 aromatic heterocycles. The van der Waals surface area contributed by atoms with E-state index in [2.05, 4.69) is 15.5 Å². The van der Waals surface area contributed by atoms with E-state index in [-0.39, 0.29) is 36.8 Å². The van der Waals surface area contributed by atoms with Crippen molar-refractivity contribution in [2.24, 2.45) is 0 Å². The highest BCUT2D eigenvalue weighted by Crippen LogP contribution is 2.19. The first kappa shape index (κ1) is 20.6. The number of likely N-dealkylation sites (tertiary alicyclic amines) is 1. The average Bonchev–Trinajstić information content (AvgIpc) is 3.04. The number of aliphatic hydroxyl groups excluding tert-OH is 1. The summed E-state index contributed by atoms with van der Waals surface area (Å²) in [6.07, 6.45) is 1.06. The van der Waals surface area contributed by atoms with Gasteiger partial charge < -0.3 is 19.7 Å². The van der Waals surface area contributed by atoms with Gasteiger partial charge in [0.05, 0.1) is 6.54 Å². The molecule has 0 aliphatic carbocycles. The van der Waals surface area contributed by atoms with Gasteiger partial charge in [-0.2, -0.15) is 0 Å². The average molecular weight is 352 g/mol. The second kappa shape index (κ2) is 11.1. The Morgan fingerprint density at radius 1 is 1.28 bits per heavy atom. The molecule has 0 bridgehead atoms. The van der Waals surface area contributed by atoms with Crippen molar-refractivity contribution >= 4 is 11.9 Å². The number of halogens is 1. The summed E-state index contributed by atoms with van der Waals surface area (Å²) >= 11 is 0. The van der Waals surface area contributed by atoms with Crippen LogP contribution in [0.1, 0.15) is 27.2 Å². The van der Waals surface area contributed by atoms with Crippen LogP contribution in [0.2, 0.25) is 0 Å². The zero-order valence-corrected chi connectivity index (χ0v) is 14.8. The summed E-state index contributed by atoms with van der Waals surface area (Å²) in [7, 11) is 0. The molecule has 0 unspecified atom stereocenters. The molecule has 8 heteroatoms. The number of nitrogens with zero attached hydrogens (tertiary/aromatic N) is 3. The fraction of sp³-hybridized carbons (Fsp3) is 0.471. The Balaban J connectivity index is 0.000000567. The van der Waals surface area contributed by atoms with Gasteiger partial charge in [-0.05, 0) is 37.6 Å². The Labute approximate surface area is 146 Å². The Morgan fingerprint density at radius 3 is 2.40 bits per heavy atom. The maximum atomic E-state index is 12.8. The van der Waals surface area contributed by atoms with Crippen molar-refractivity contribution in [1.29, 1.82) is 0 Å². The van der Waals surface area contributed by atoms with E-state index in [0.717, 1.165) is 19.5 Å². The Morgan fingerprint density at radius 2 is 1.88 bits per heavy atom. The number of hydrogen-bond acceptors (Lipinski definition) is 6. The van der Waals surface area contributed by atoms with Crippen molar-refractivity contribution in [1.82, 2.24) is 15.1 Å². The second-order valence-corrected chi connectivity index (χ2v) is 4.82. The zero-order chi connectivity index (χ0) is 18.7. The lowest BCUT2D eigenvalue weighted by atomic mass is 10.2. The van der Waals surface area contributed by atoms with E-state index in [1.807, 2.05) is 13.8 Å². The van der Waals surface area contributed by atoms with Gasteiger partial charge in [0.2, 0.25) is 11.8 Å². The number of nitrogens with one attached hydrogen (secondary N) is 1. The third-order valence-corrected chi connectivity index (χ3v) is 3.12. The van der Waals surface area contributed by atoms with Crippen LogP contribution in [0.3, 0.4) is 0 Å². The number of aliphatic hydroxyl groups is 1. The Bertz CT molecular complexity index is 627. The number of amides is 1. The van der Waals surface area contributed by atoms with Crippen LogP contribution in [0, 0.1) is 5.82 Å². The van der Waals surface area contributed by atoms with E-state index in [4.69, 9.17) is 9.52 Å². The van der Waals surface area contributed by atoms with Crippen molar-refractivity contribution in [2.45, 2.75) is 27.2 Å². The molecule has 0 atom stereocenters. The van der Waals surface area contributed by atoms with Gasteiger partial charge in [-0.25, -0.2) is 4.39 Å². The molecule has 1 aromatic carbocycles. The highest BCUT2D eigenvalue weighted by molar-refractivity contribution is 5.80. The molecule has 2 N–H and O–H groups in total. The molecule has 0 radical (unpaired) electrons. The van der Waals surface area contributed by atoms with Crippen molar-refractivity contribution in [3.8, 4) is 11.5 Å². The second-order valence-electron chi connectivity index (χ2n) is 4.82. The first-order valence-corrected chi connectivity index (χ1v) is 8.36. The summed E-state index contributed by atoms with van der Waals surface area (Å²) < 4.78 is 18.2. The molecule has 138 valence electrons. The van der Waals surface area contributed by atoms with E-state index in [1.54, 1.807) is 24.0 Å². The minimum Gasteiger partial charge on any atom is -0.403 e. The van der Waals surface area contributed by atoms with Gasteiger partial charge in [-0.1, -0.05) is 18.9 Å². The molecule has 0 spiro atoms. The summed E-state index contributed by atoms with van der Waals surface area (Å²) in [5.74, 6) is -0.0339. The number of benzene rings is 1. The first-order valence-electron chi connectivity index (χ1n) is 8.36. The van der Waals surface area contributed by atoms with Crippen molar-refractivity contribution in [2.75, 3.05) is 31.6 Å². The molecule has 7 nitrogen and oxygen atoms in total. The smallest absolute Gasteiger partial charge is 0.316 e. The van der Waals surface area contributed by atoms with Crippen LogP contribution < -0.4 is 5.32 Å². The van der Waals surface area contributed by atoms with Crippen LogP contribution in [-0.4, -0.2) is 52.4 Å². The minimum absolute atomic E-state index is 0.0118. The molecule has 25 heavy (non-hydrogen) atoms. The normalized spacial score (nSPS) is 12.1. The maximum absolute atomic E-state index is 12.8. The quantitative estimate of drug-likeness (QED) is 0.879. The predicted molar refractivity (Wildman–Crippen MR) is 93.5 cm³/mol. The molecular weight excluding hydrogens is 327 g/mol. The molecular formula is C17H25FN4O3. The van der Waals surface area contributed by atoms with E-state index in [1.165, 1.54) is 12.1 Å². The predicted octanol–water partition coefficient (Wildman–Crippen LogP) is 2.54. The third-order valence-electron chi connectivity index (χ3n) is 3.12. The zero-order valence-electron chi connectivity index (χ0n) is 14.8. The largest absolute Gasteiger partial charge is 0.403 e. The van der Waals surface area contributed by atoms with Crippen molar-refractivity contribution in [3.05, 3.63) is 30.1 Å². The lowest BCUT2D eigenvalue weighted by Gasteiger charge is -2.30.